The summed E-state index contributed by atoms with van der Waals surface area (Å²) in [5.41, 5.74) is 0. The molecule has 1 N–H and O–H groups in total. The average molecular weight is 321 g/mol. The zero-order chi connectivity index (χ0) is 13.4. The van der Waals surface area contributed by atoms with Gasteiger partial charge in [-0.15, -0.1) is 5.10 Å². The zero-order valence-corrected chi connectivity index (χ0v) is 11.3. The highest BCUT2D eigenvalue weighted by atomic mass is 79.9. The van der Waals surface area contributed by atoms with E-state index in [1.54, 1.807) is 6.20 Å². The first kappa shape index (κ1) is 12.0. The lowest BCUT2D eigenvalue weighted by molar-refractivity contribution is -0.120. The molecular formula is C12H9BrN4O2. The van der Waals surface area contributed by atoms with Gasteiger partial charge in [0, 0.05) is 28.2 Å². The molecule has 96 valence electrons. The van der Waals surface area contributed by atoms with Crippen molar-refractivity contribution in [2.24, 2.45) is 0 Å². The Hall–Kier alpha value is -2.02. The summed E-state index contributed by atoms with van der Waals surface area (Å²) in [4.78, 5) is 24.4. The van der Waals surface area contributed by atoms with Crippen LogP contribution in [0.25, 0.3) is 10.8 Å². The van der Waals surface area contributed by atoms with Gasteiger partial charge in [-0.25, -0.2) is 4.79 Å². The predicted octanol–water partition coefficient (Wildman–Crippen LogP) is 1.84. The quantitative estimate of drug-likeness (QED) is 0.870. The van der Waals surface area contributed by atoms with E-state index in [-0.39, 0.29) is 12.3 Å². The molecule has 1 fully saturated rings. The number of anilines is 1. The fraction of sp³-hybridized carbons (Fsp3) is 0.167. The van der Waals surface area contributed by atoms with Gasteiger partial charge in [-0.2, -0.15) is 5.10 Å². The number of carbonyl (C=O) groups is 2. The third-order valence-electron chi connectivity index (χ3n) is 2.94. The average Bonchev–Trinajstić information content (AvgIpc) is 2.39. The second-order valence-electron chi connectivity index (χ2n) is 4.12. The number of rotatable bonds is 1. The van der Waals surface area contributed by atoms with Crippen LogP contribution in [0.3, 0.4) is 0 Å². The fourth-order valence-corrected chi connectivity index (χ4v) is 2.49. The van der Waals surface area contributed by atoms with Gasteiger partial charge >= 0.3 is 6.03 Å². The zero-order valence-electron chi connectivity index (χ0n) is 9.76. The van der Waals surface area contributed by atoms with Crippen molar-refractivity contribution in [1.82, 2.24) is 15.5 Å². The molecule has 19 heavy (non-hydrogen) atoms. The Morgan fingerprint density at radius 1 is 1.26 bits per heavy atom. The van der Waals surface area contributed by atoms with Gasteiger partial charge in [0.15, 0.2) is 5.82 Å². The standard InChI is InChI=1S/C12H9BrN4O2/c13-9-3-1-2-7-8(9)6-14-16-11(7)17-5-4-10(18)15-12(17)19/h1-3,6H,4-5H2,(H,15,18,19). The Kier molecular flexibility index (Phi) is 2.90. The first-order chi connectivity index (χ1) is 9.16. The van der Waals surface area contributed by atoms with Crippen LogP contribution in [-0.4, -0.2) is 28.7 Å². The molecule has 3 amide bonds. The molecular weight excluding hydrogens is 312 g/mol. The summed E-state index contributed by atoms with van der Waals surface area (Å²) in [7, 11) is 0. The van der Waals surface area contributed by atoms with E-state index in [0.29, 0.717) is 12.4 Å². The second kappa shape index (κ2) is 4.58. The summed E-state index contributed by atoms with van der Waals surface area (Å²) < 4.78 is 0.884. The molecule has 6 nitrogen and oxygen atoms in total. The largest absolute Gasteiger partial charge is 0.329 e. The molecule has 7 heteroatoms. The molecule has 1 aromatic carbocycles. The third-order valence-corrected chi connectivity index (χ3v) is 3.63. The molecule has 0 spiro atoms. The van der Waals surface area contributed by atoms with Gasteiger partial charge in [-0.1, -0.05) is 28.1 Å². The number of benzene rings is 1. The number of carbonyl (C=O) groups excluding carboxylic acids is 2. The van der Waals surface area contributed by atoms with E-state index >= 15 is 0 Å². The maximum Gasteiger partial charge on any atom is 0.329 e. The molecule has 2 aromatic rings. The lowest BCUT2D eigenvalue weighted by atomic mass is 10.1. The summed E-state index contributed by atoms with van der Waals surface area (Å²) in [6.45, 7) is 0.310. The van der Waals surface area contributed by atoms with Crippen LogP contribution in [-0.2, 0) is 4.79 Å². The first-order valence-corrected chi connectivity index (χ1v) is 6.47. The van der Waals surface area contributed by atoms with Crippen molar-refractivity contribution >= 4 is 44.5 Å². The maximum absolute atomic E-state index is 11.8. The molecule has 1 aliphatic rings. The van der Waals surface area contributed by atoms with Gasteiger partial charge in [0.05, 0.1) is 6.20 Å². The predicted molar refractivity (Wildman–Crippen MR) is 72.7 cm³/mol. The molecule has 0 aliphatic carbocycles. The van der Waals surface area contributed by atoms with E-state index in [4.69, 9.17) is 0 Å². The van der Waals surface area contributed by atoms with Crippen molar-refractivity contribution in [2.45, 2.75) is 6.42 Å². The van der Waals surface area contributed by atoms with Gasteiger partial charge in [-0.3, -0.25) is 15.0 Å². The lowest BCUT2D eigenvalue weighted by Gasteiger charge is -2.26. The number of nitrogens with zero attached hydrogens (tertiary/aromatic N) is 3. The molecule has 1 aromatic heterocycles. The SMILES string of the molecule is O=C1CCN(c2nncc3c(Br)cccc23)C(=O)N1. The van der Waals surface area contributed by atoms with Crippen molar-refractivity contribution < 1.29 is 9.59 Å². The molecule has 1 saturated heterocycles. The lowest BCUT2D eigenvalue weighted by Crippen LogP contribution is -2.50. The molecule has 0 radical (unpaired) electrons. The van der Waals surface area contributed by atoms with E-state index in [9.17, 15) is 9.59 Å². The number of hydrogen-bond acceptors (Lipinski definition) is 4. The summed E-state index contributed by atoms with van der Waals surface area (Å²) in [6, 6.07) is 5.17. The van der Waals surface area contributed by atoms with Crippen LogP contribution in [0.1, 0.15) is 6.42 Å². The molecule has 0 atom stereocenters. The van der Waals surface area contributed by atoms with Gasteiger partial charge in [0.2, 0.25) is 5.91 Å². The fourth-order valence-electron chi connectivity index (χ4n) is 2.02. The Bertz CT molecular complexity index is 688. The van der Waals surface area contributed by atoms with E-state index < -0.39 is 6.03 Å². The van der Waals surface area contributed by atoms with Crippen molar-refractivity contribution in [3.63, 3.8) is 0 Å². The number of hydrogen-bond donors (Lipinski definition) is 1. The summed E-state index contributed by atoms with van der Waals surface area (Å²) in [5.74, 6) is 0.194. The maximum atomic E-state index is 11.8. The number of nitrogens with one attached hydrogen (secondary N) is 1. The second-order valence-corrected chi connectivity index (χ2v) is 4.98. The van der Waals surface area contributed by atoms with Crippen LogP contribution in [0.15, 0.2) is 28.9 Å². The van der Waals surface area contributed by atoms with Crippen molar-refractivity contribution in [2.75, 3.05) is 11.4 Å². The van der Waals surface area contributed by atoms with Crippen LogP contribution in [0.5, 0.6) is 0 Å². The van der Waals surface area contributed by atoms with Crippen molar-refractivity contribution in [3.8, 4) is 0 Å². The number of aromatic nitrogens is 2. The summed E-state index contributed by atoms with van der Waals surface area (Å²) >= 11 is 3.44. The minimum Gasteiger partial charge on any atom is -0.278 e. The topological polar surface area (TPSA) is 75.2 Å². The van der Waals surface area contributed by atoms with E-state index in [0.717, 1.165) is 15.2 Å². The van der Waals surface area contributed by atoms with Gasteiger partial charge in [-0.05, 0) is 6.07 Å². The number of fused-ring (bicyclic) bond motifs is 1. The highest BCUT2D eigenvalue weighted by Crippen LogP contribution is 2.29. The first-order valence-electron chi connectivity index (χ1n) is 5.68. The number of urea groups is 1. The highest BCUT2D eigenvalue weighted by molar-refractivity contribution is 9.10. The van der Waals surface area contributed by atoms with E-state index in [1.165, 1.54) is 4.90 Å². The smallest absolute Gasteiger partial charge is 0.278 e. The Morgan fingerprint density at radius 3 is 2.89 bits per heavy atom. The van der Waals surface area contributed by atoms with Crippen molar-refractivity contribution in [1.29, 1.82) is 0 Å². The van der Waals surface area contributed by atoms with Gasteiger partial charge < -0.3 is 0 Å². The summed E-state index contributed by atoms with van der Waals surface area (Å²) in [6.07, 6.45) is 1.90. The highest BCUT2D eigenvalue weighted by Gasteiger charge is 2.26. The number of halogens is 1. The Balaban J connectivity index is 2.13. The van der Waals surface area contributed by atoms with Crippen LogP contribution in [0.4, 0.5) is 10.6 Å². The Labute approximate surface area is 116 Å². The van der Waals surface area contributed by atoms with Crippen LogP contribution >= 0.6 is 15.9 Å². The van der Waals surface area contributed by atoms with Gasteiger partial charge in [0.1, 0.15) is 0 Å². The molecule has 2 heterocycles. The normalized spacial score (nSPS) is 15.7. The molecule has 0 unspecified atom stereocenters. The van der Waals surface area contributed by atoms with E-state index in [1.807, 2.05) is 18.2 Å². The molecule has 0 saturated carbocycles. The molecule has 1 aliphatic heterocycles. The third kappa shape index (κ3) is 2.06. The monoisotopic (exact) mass is 320 g/mol. The molecule has 3 rings (SSSR count). The minimum absolute atomic E-state index is 0.262. The summed E-state index contributed by atoms with van der Waals surface area (Å²) in [5, 5.41) is 11.9. The van der Waals surface area contributed by atoms with Crippen molar-refractivity contribution in [3.05, 3.63) is 28.9 Å². The van der Waals surface area contributed by atoms with Crippen LogP contribution in [0.2, 0.25) is 0 Å². The number of amides is 3. The van der Waals surface area contributed by atoms with Gasteiger partial charge in [0.25, 0.3) is 0 Å². The number of imide groups is 1. The minimum atomic E-state index is -0.460. The molecule has 0 bridgehead atoms. The Morgan fingerprint density at radius 2 is 2.11 bits per heavy atom. The van der Waals surface area contributed by atoms with Crippen LogP contribution < -0.4 is 10.2 Å². The van der Waals surface area contributed by atoms with Crippen LogP contribution in [0, 0.1) is 0 Å². The van der Waals surface area contributed by atoms with E-state index in [2.05, 4.69) is 31.4 Å².